The second kappa shape index (κ2) is 21.2. The average Bonchev–Trinajstić information content (AvgIpc) is 3.35. The predicted molar refractivity (Wildman–Crippen MR) is 270 cm³/mol. The van der Waals surface area contributed by atoms with Crippen molar-refractivity contribution in [3.8, 4) is 0 Å². The second-order valence-corrected chi connectivity index (χ2v) is 26.3. The lowest BCUT2D eigenvalue weighted by Crippen LogP contribution is -2.82. The molecule has 72 heavy (non-hydrogen) atoms. The van der Waals surface area contributed by atoms with Crippen molar-refractivity contribution in [1.29, 1.82) is 0 Å². The summed E-state index contributed by atoms with van der Waals surface area (Å²) in [7, 11) is -2.65. The molecule has 3 aromatic rings. The molecule has 1 saturated heterocycles. The molecule has 1 aliphatic heterocycles. The molecule has 0 unspecified atom stereocenters. The van der Waals surface area contributed by atoms with Crippen molar-refractivity contribution >= 4 is 60.8 Å². The van der Waals surface area contributed by atoms with Crippen LogP contribution in [0, 0.1) is 16.7 Å². The van der Waals surface area contributed by atoms with Crippen molar-refractivity contribution in [1.82, 2.24) is 5.32 Å². The number of carbonyl (C=O) groups excluding carboxylic acids is 7. The molecule has 3 aliphatic carbocycles. The van der Waals surface area contributed by atoms with Gasteiger partial charge in [0.05, 0.1) is 35.6 Å². The van der Waals surface area contributed by atoms with Crippen LogP contribution in [0.1, 0.15) is 114 Å². The lowest BCUT2D eigenvalue weighted by atomic mass is 9.44. The van der Waals surface area contributed by atoms with Gasteiger partial charge >= 0.3 is 23.9 Å². The fourth-order valence-electron chi connectivity index (χ4n) is 11.9. The highest BCUT2D eigenvalue weighted by molar-refractivity contribution is 8.14. The van der Waals surface area contributed by atoms with E-state index in [0.717, 1.165) is 6.92 Å². The fourth-order valence-corrected chi connectivity index (χ4v) is 15.7. The van der Waals surface area contributed by atoms with Gasteiger partial charge < -0.3 is 38.5 Å². The molecule has 11 atom stereocenters. The van der Waals surface area contributed by atoms with Crippen LogP contribution in [0.25, 0.3) is 0 Å². The number of benzene rings is 3. The minimum atomic E-state index is -2.65. The molecule has 2 bridgehead atoms. The molecule has 15 nitrogen and oxygen atoms in total. The molecule has 0 spiro atoms. The van der Waals surface area contributed by atoms with Crippen molar-refractivity contribution in [3.05, 3.63) is 119 Å². The van der Waals surface area contributed by atoms with E-state index in [1.165, 1.54) is 13.8 Å². The molecular formula is C55H67NO14SSi. The molecule has 7 rings (SSSR count). The Morgan fingerprint density at radius 1 is 0.806 bits per heavy atom. The fraction of sp³-hybridized carbons (Fsp3) is 0.509. The molecule has 1 amide bonds. The maximum Gasteiger partial charge on any atom is 0.338 e. The van der Waals surface area contributed by atoms with Gasteiger partial charge in [0.1, 0.15) is 29.2 Å². The number of carbonyl (C=O) groups is 7. The molecular weight excluding hydrogens is 959 g/mol. The van der Waals surface area contributed by atoms with E-state index >= 15 is 9.59 Å². The van der Waals surface area contributed by atoms with E-state index < -0.39 is 125 Å². The maximum atomic E-state index is 16.5. The number of esters is 4. The molecule has 2 N–H and O–H groups in total. The summed E-state index contributed by atoms with van der Waals surface area (Å²) in [5, 5.41) is 15.3. The second-order valence-electron chi connectivity index (χ2n) is 20.3. The highest BCUT2D eigenvalue weighted by Crippen LogP contribution is 2.65. The van der Waals surface area contributed by atoms with E-state index in [0.29, 0.717) is 41.0 Å². The number of Topliss-reactive ketones (excluding diaryl/α,β-unsaturated/α-hetero) is 1. The van der Waals surface area contributed by atoms with Crippen LogP contribution in [0.5, 0.6) is 0 Å². The van der Waals surface area contributed by atoms with Crippen LogP contribution < -0.4 is 5.32 Å². The van der Waals surface area contributed by atoms with E-state index in [1.54, 1.807) is 119 Å². The highest BCUT2D eigenvalue weighted by atomic mass is 32.2. The van der Waals surface area contributed by atoms with Gasteiger partial charge in [-0.15, -0.1) is 0 Å². The van der Waals surface area contributed by atoms with Gasteiger partial charge in [0, 0.05) is 44.6 Å². The lowest BCUT2D eigenvalue weighted by molar-refractivity contribution is -0.344. The number of fused-ring (bicyclic) bond motifs is 5. The van der Waals surface area contributed by atoms with Gasteiger partial charge in [-0.2, -0.15) is 0 Å². The molecule has 3 fully saturated rings. The van der Waals surface area contributed by atoms with Crippen LogP contribution in [-0.2, 0) is 52.1 Å². The molecule has 2 saturated carbocycles. The number of thioether (sulfide) groups is 1. The van der Waals surface area contributed by atoms with Crippen LogP contribution in [-0.4, -0.2) is 108 Å². The minimum Gasteiger partial charge on any atom is -0.457 e. The Bertz CT molecular complexity index is 2580. The third-order valence-electron chi connectivity index (χ3n) is 16.0. The van der Waals surface area contributed by atoms with Gasteiger partial charge in [-0.1, -0.05) is 113 Å². The first-order chi connectivity index (χ1) is 34.0. The summed E-state index contributed by atoms with van der Waals surface area (Å²) >= 11 is 0.646. The summed E-state index contributed by atoms with van der Waals surface area (Å²) < 4.78 is 39.4. The van der Waals surface area contributed by atoms with Crippen molar-refractivity contribution in [2.45, 2.75) is 153 Å². The van der Waals surface area contributed by atoms with Crippen molar-refractivity contribution in [2.24, 2.45) is 16.7 Å². The molecule has 4 aliphatic rings. The molecule has 386 valence electrons. The summed E-state index contributed by atoms with van der Waals surface area (Å²) in [5.41, 5.74) is -6.29. The number of nitrogens with one attached hydrogen (secondary N) is 1. The monoisotopic (exact) mass is 1030 g/mol. The van der Waals surface area contributed by atoms with Gasteiger partial charge in [0.2, 0.25) is 0 Å². The molecule has 1 heterocycles. The van der Waals surface area contributed by atoms with E-state index in [9.17, 15) is 29.1 Å². The van der Waals surface area contributed by atoms with E-state index in [1.807, 2.05) is 20.8 Å². The molecule has 3 aromatic carbocycles. The Labute approximate surface area is 426 Å². The third kappa shape index (κ3) is 9.74. The van der Waals surface area contributed by atoms with Gasteiger partial charge in [0.25, 0.3) is 5.91 Å². The van der Waals surface area contributed by atoms with Crippen molar-refractivity contribution < 1.29 is 66.8 Å². The Kier molecular flexibility index (Phi) is 16.0. The minimum absolute atomic E-state index is 0.0750. The predicted octanol–water partition coefficient (Wildman–Crippen LogP) is 8.05. The van der Waals surface area contributed by atoms with Crippen LogP contribution in [0.4, 0.5) is 0 Å². The van der Waals surface area contributed by atoms with Crippen LogP contribution in [0.2, 0.25) is 18.1 Å². The normalized spacial score (nSPS) is 29.3. The van der Waals surface area contributed by atoms with Gasteiger partial charge in [-0.3, -0.25) is 28.8 Å². The van der Waals surface area contributed by atoms with E-state index in [2.05, 4.69) is 5.32 Å². The quantitative estimate of drug-likeness (QED) is 0.0602. The maximum absolute atomic E-state index is 16.5. The van der Waals surface area contributed by atoms with E-state index in [-0.39, 0.29) is 29.7 Å². The summed E-state index contributed by atoms with van der Waals surface area (Å²) in [6, 6.07) is 26.0. The van der Waals surface area contributed by atoms with Gasteiger partial charge in [0.15, 0.2) is 30.9 Å². The zero-order valence-corrected chi connectivity index (χ0v) is 44.5. The van der Waals surface area contributed by atoms with Gasteiger partial charge in [-0.25, -0.2) is 4.79 Å². The Morgan fingerprint density at radius 2 is 1.38 bits per heavy atom. The topological polar surface area (TPSA) is 207 Å². The first-order valence-electron chi connectivity index (χ1n) is 24.7. The number of hydrogen-bond acceptors (Lipinski definition) is 15. The number of ketones is 1. The Morgan fingerprint density at radius 3 is 1.89 bits per heavy atom. The SMILES string of the molecule is CC[Si](CC)(CC)O[C@H]1C[C@H]2OC[C@@]2(OC(C)=O)[C@H]2[C@H](OC(=O)c3ccccc3)[C@]3(O)C[C@H](OC(=O)[C@@H](SC(C)=O)[C@@H](NC(=O)c4ccccc4)c4ccccc4)C(C)=C([C@@H](OC(C)=O)C(=O)[C@]12C)C3(C)C. The Hall–Kier alpha value is -5.46. The van der Waals surface area contributed by atoms with Crippen LogP contribution in [0.3, 0.4) is 0 Å². The summed E-state index contributed by atoms with van der Waals surface area (Å²) in [5.74, 6) is -6.00. The number of hydrogen-bond donors (Lipinski definition) is 2. The third-order valence-corrected chi connectivity index (χ3v) is 21.7. The number of ether oxygens (including phenoxy) is 5. The summed E-state index contributed by atoms with van der Waals surface area (Å²) in [6.45, 7) is 16.1. The smallest absolute Gasteiger partial charge is 0.338 e. The summed E-state index contributed by atoms with van der Waals surface area (Å²) in [4.78, 5) is 100. The number of aliphatic hydroxyl groups is 1. The average molecular weight is 1030 g/mol. The van der Waals surface area contributed by atoms with Crippen molar-refractivity contribution in [2.75, 3.05) is 6.61 Å². The molecule has 0 radical (unpaired) electrons. The van der Waals surface area contributed by atoms with Crippen LogP contribution >= 0.6 is 11.8 Å². The van der Waals surface area contributed by atoms with Crippen molar-refractivity contribution in [3.63, 3.8) is 0 Å². The summed E-state index contributed by atoms with van der Waals surface area (Å²) in [6.07, 6.45) is -7.22. The first-order valence-corrected chi connectivity index (χ1v) is 28.1. The lowest BCUT2D eigenvalue weighted by Gasteiger charge is -2.68. The zero-order valence-electron chi connectivity index (χ0n) is 42.7. The van der Waals surface area contributed by atoms with E-state index in [4.69, 9.17) is 28.1 Å². The number of rotatable bonds is 16. The first kappa shape index (κ1) is 54.3. The standard InChI is InChI=1S/C55H67NO14SSi/c1-11-72(12-2,13-3)70-40-29-41-54(31-65-41,69-34(6)58)46-48(68-50(62)38-27-21-16-22-28-38)55(64)30-39(32(4)42(52(55,8)9)44(66-33(5)57)47(60)53(40,46)10)67-51(63)45(71-35(7)59)43(36-23-17-14-18-24-36)56-49(61)37-25-19-15-20-26-37/h14-28,39-41,43-46,48,64H,11-13,29-31H2,1-10H3,(H,56,61)/t39-,40-,41+,43-,44+,45-,46-,48-,53+,54-,55+/m0/s1. The highest BCUT2D eigenvalue weighted by Gasteiger charge is 2.79. The Balaban J connectivity index is 1.47. The van der Waals surface area contributed by atoms with Crippen LogP contribution in [0.15, 0.2) is 102 Å². The largest absolute Gasteiger partial charge is 0.457 e. The molecule has 17 heteroatoms. The zero-order chi connectivity index (χ0) is 52.6. The van der Waals surface area contributed by atoms with Gasteiger partial charge in [-0.05, 0) is 73.0 Å². The molecule has 0 aromatic heterocycles. The number of amides is 1.